The molecule has 4 N–H and O–H groups in total. The lowest BCUT2D eigenvalue weighted by atomic mass is 10.2. The third-order valence-corrected chi connectivity index (χ3v) is 4.72. The van der Waals surface area contributed by atoms with Gasteiger partial charge in [0.05, 0.1) is 11.5 Å². The normalized spacial score (nSPS) is 21.9. The lowest BCUT2D eigenvalue weighted by Gasteiger charge is -2.29. The van der Waals surface area contributed by atoms with Gasteiger partial charge < -0.3 is 21.1 Å². The highest BCUT2D eigenvalue weighted by Crippen LogP contribution is 2.18. The minimum atomic E-state index is -3.26. The van der Waals surface area contributed by atoms with E-state index in [1.54, 1.807) is 0 Å². The van der Waals surface area contributed by atoms with E-state index in [2.05, 4.69) is 5.32 Å². The Morgan fingerprint density at radius 1 is 1.45 bits per heavy atom. The number of nitrogens with one attached hydrogen (secondary N) is 1. The molecule has 0 radical (unpaired) electrons. The van der Waals surface area contributed by atoms with Crippen molar-refractivity contribution in [1.29, 1.82) is 0 Å². The van der Waals surface area contributed by atoms with Gasteiger partial charge in [-0.2, -0.15) is 0 Å². The molecule has 0 saturated carbocycles. The molecule has 0 bridgehead atoms. The van der Waals surface area contributed by atoms with Crippen LogP contribution >= 0.6 is 0 Å². The standard InChI is InChI=1S/C10H17N3O6S/c1-6(12-10(11)17)9(16)13(4-8(14)15)7-2-3-20(18,19)5-7/h6-7H,2-5H2,1H3,(H,14,15)(H3,11,12,17). The second-order valence-corrected chi connectivity index (χ2v) is 6.88. The number of carboxylic acids is 1. The van der Waals surface area contributed by atoms with Gasteiger partial charge in [0.25, 0.3) is 0 Å². The van der Waals surface area contributed by atoms with Crippen molar-refractivity contribution in [3.05, 3.63) is 0 Å². The third-order valence-electron chi connectivity index (χ3n) is 2.97. The van der Waals surface area contributed by atoms with Gasteiger partial charge in [0, 0.05) is 6.04 Å². The Balaban J connectivity index is 2.86. The summed E-state index contributed by atoms with van der Waals surface area (Å²) in [6, 6.07) is -2.63. The van der Waals surface area contributed by atoms with E-state index >= 15 is 0 Å². The molecule has 1 aliphatic rings. The number of sulfone groups is 1. The Bertz CT molecular complexity index is 517. The van der Waals surface area contributed by atoms with Crippen molar-refractivity contribution in [1.82, 2.24) is 10.2 Å². The first kappa shape index (κ1) is 16.2. The van der Waals surface area contributed by atoms with Crippen LogP contribution in [-0.4, -0.2) is 66.5 Å². The third kappa shape index (κ3) is 4.37. The lowest BCUT2D eigenvalue weighted by molar-refractivity contribution is -0.146. The van der Waals surface area contributed by atoms with Crippen molar-refractivity contribution in [2.24, 2.45) is 5.73 Å². The first-order chi connectivity index (χ1) is 9.12. The molecule has 0 spiro atoms. The molecule has 1 aliphatic heterocycles. The number of carbonyl (C=O) groups excluding carboxylic acids is 2. The van der Waals surface area contributed by atoms with E-state index in [0.717, 1.165) is 4.90 Å². The number of urea groups is 1. The number of nitrogens with zero attached hydrogens (tertiary/aromatic N) is 1. The summed E-state index contributed by atoms with van der Waals surface area (Å²) in [5.41, 5.74) is 4.90. The van der Waals surface area contributed by atoms with Crippen molar-refractivity contribution in [3.8, 4) is 0 Å². The minimum absolute atomic E-state index is 0.0846. The van der Waals surface area contributed by atoms with Crippen molar-refractivity contribution in [3.63, 3.8) is 0 Å². The Hall–Kier alpha value is -1.84. The summed E-state index contributed by atoms with van der Waals surface area (Å²) in [6.07, 6.45) is 0.185. The maximum Gasteiger partial charge on any atom is 0.323 e. The predicted octanol–water partition coefficient (Wildman–Crippen LogP) is -1.86. The van der Waals surface area contributed by atoms with Gasteiger partial charge in [0.15, 0.2) is 9.84 Å². The fourth-order valence-corrected chi connectivity index (χ4v) is 3.81. The van der Waals surface area contributed by atoms with E-state index in [1.165, 1.54) is 6.92 Å². The number of amides is 3. The van der Waals surface area contributed by atoms with Crippen LogP contribution in [0.5, 0.6) is 0 Å². The first-order valence-electron chi connectivity index (χ1n) is 5.91. The molecule has 2 atom stereocenters. The Morgan fingerprint density at radius 3 is 2.45 bits per heavy atom. The summed E-state index contributed by atoms with van der Waals surface area (Å²) in [7, 11) is -3.26. The number of rotatable bonds is 5. The zero-order chi connectivity index (χ0) is 15.5. The fourth-order valence-electron chi connectivity index (χ4n) is 2.08. The molecule has 2 unspecified atom stereocenters. The average Bonchev–Trinajstić information content (AvgIpc) is 2.64. The van der Waals surface area contributed by atoms with Crippen LogP contribution in [0.4, 0.5) is 4.79 Å². The van der Waals surface area contributed by atoms with Gasteiger partial charge in [0.2, 0.25) is 5.91 Å². The second kappa shape index (κ2) is 6.07. The van der Waals surface area contributed by atoms with Crippen LogP contribution in [-0.2, 0) is 19.4 Å². The number of hydrogen-bond donors (Lipinski definition) is 3. The molecule has 10 heteroatoms. The number of aliphatic carboxylic acids is 1. The fraction of sp³-hybridized carbons (Fsp3) is 0.700. The number of carboxylic acid groups (broad SMARTS) is 1. The van der Waals surface area contributed by atoms with Crippen molar-refractivity contribution in [2.75, 3.05) is 18.1 Å². The topological polar surface area (TPSA) is 147 Å². The molecule has 1 saturated heterocycles. The number of carbonyl (C=O) groups is 3. The monoisotopic (exact) mass is 307 g/mol. The Morgan fingerprint density at radius 2 is 2.05 bits per heavy atom. The number of hydrogen-bond acceptors (Lipinski definition) is 5. The van der Waals surface area contributed by atoms with Crippen LogP contribution in [0.15, 0.2) is 0 Å². The van der Waals surface area contributed by atoms with Crippen molar-refractivity contribution < 1.29 is 27.9 Å². The maximum absolute atomic E-state index is 12.1. The quantitative estimate of drug-likeness (QED) is 0.543. The van der Waals surface area contributed by atoms with Gasteiger partial charge >= 0.3 is 12.0 Å². The average molecular weight is 307 g/mol. The van der Waals surface area contributed by atoms with E-state index in [0.29, 0.717) is 0 Å². The second-order valence-electron chi connectivity index (χ2n) is 4.65. The molecule has 1 rings (SSSR count). The van der Waals surface area contributed by atoms with Gasteiger partial charge in [-0.25, -0.2) is 13.2 Å². The molecule has 0 aromatic heterocycles. The lowest BCUT2D eigenvalue weighted by Crippen LogP contribution is -2.53. The highest BCUT2D eigenvalue weighted by molar-refractivity contribution is 7.91. The largest absolute Gasteiger partial charge is 0.480 e. The summed E-state index contributed by atoms with van der Waals surface area (Å²) < 4.78 is 22.9. The number of nitrogens with two attached hydrogens (primary N) is 1. The summed E-state index contributed by atoms with van der Waals surface area (Å²) in [5, 5.41) is 11.0. The summed E-state index contributed by atoms with van der Waals surface area (Å²) >= 11 is 0. The molecular formula is C10H17N3O6S. The zero-order valence-electron chi connectivity index (χ0n) is 10.9. The highest BCUT2D eigenvalue weighted by Gasteiger charge is 2.37. The van der Waals surface area contributed by atoms with E-state index in [-0.39, 0.29) is 17.9 Å². The zero-order valence-corrected chi connectivity index (χ0v) is 11.7. The van der Waals surface area contributed by atoms with Crippen LogP contribution < -0.4 is 11.1 Å². The molecule has 0 aromatic rings. The van der Waals surface area contributed by atoms with Crippen molar-refractivity contribution in [2.45, 2.75) is 25.4 Å². The van der Waals surface area contributed by atoms with E-state index in [1.807, 2.05) is 0 Å². The SMILES string of the molecule is CC(NC(N)=O)C(=O)N(CC(=O)O)C1CCS(=O)(=O)C1. The predicted molar refractivity (Wildman–Crippen MR) is 68.6 cm³/mol. The molecule has 3 amide bonds. The first-order valence-corrected chi connectivity index (χ1v) is 7.73. The van der Waals surface area contributed by atoms with Gasteiger partial charge in [-0.15, -0.1) is 0 Å². The number of primary amides is 1. The molecule has 114 valence electrons. The highest BCUT2D eigenvalue weighted by atomic mass is 32.2. The van der Waals surface area contributed by atoms with Crippen molar-refractivity contribution >= 4 is 27.7 Å². The van der Waals surface area contributed by atoms with Gasteiger partial charge in [-0.3, -0.25) is 9.59 Å². The van der Waals surface area contributed by atoms with Crippen LogP contribution in [0, 0.1) is 0 Å². The molecule has 20 heavy (non-hydrogen) atoms. The molecule has 0 aliphatic carbocycles. The van der Waals surface area contributed by atoms with Crippen LogP contribution in [0.3, 0.4) is 0 Å². The van der Waals surface area contributed by atoms with Crippen LogP contribution in [0.2, 0.25) is 0 Å². The van der Waals surface area contributed by atoms with E-state index < -0.39 is 46.4 Å². The molecule has 1 fully saturated rings. The van der Waals surface area contributed by atoms with Gasteiger partial charge in [-0.1, -0.05) is 0 Å². The molecule has 0 aromatic carbocycles. The minimum Gasteiger partial charge on any atom is -0.480 e. The van der Waals surface area contributed by atoms with Crippen LogP contribution in [0.25, 0.3) is 0 Å². The molecular weight excluding hydrogens is 290 g/mol. The van der Waals surface area contributed by atoms with Crippen LogP contribution in [0.1, 0.15) is 13.3 Å². The van der Waals surface area contributed by atoms with Gasteiger partial charge in [-0.05, 0) is 13.3 Å². The Kier molecular flexibility index (Phi) is 4.93. The molecule has 1 heterocycles. The summed E-state index contributed by atoms with van der Waals surface area (Å²) in [5.74, 6) is -2.28. The summed E-state index contributed by atoms with van der Waals surface area (Å²) in [6.45, 7) is 0.731. The van der Waals surface area contributed by atoms with E-state index in [4.69, 9.17) is 10.8 Å². The van der Waals surface area contributed by atoms with E-state index in [9.17, 15) is 22.8 Å². The molecule has 9 nitrogen and oxygen atoms in total. The summed E-state index contributed by atoms with van der Waals surface area (Å²) in [4.78, 5) is 34.6. The van der Waals surface area contributed by atoms with Gasteiger partial charge in [0.1, 0.15) is 12.6 Å². The smallest absolute Gasteiger partial charge is 0.323 e. The maximum atomic E-state index is 12.1. The Labute approximate surface area is 116 Å².